The molecule has 6 heavy (non-hydrogen) atoms. The van der Waals surface area contributed by atoms with E-state index in [9.17, 15) is 8.42 Å². The van der Waals surface area contributed by atoms with Crippen LogP contribution in [-0.2, 0) is 10.5 Å². The molecule has 0 aliphatic heterocycles. The molecule has 38 valence electrons. The fourth-order valence-electron chi connectivity index (χ4n) is 0. The van der Waals surface area contributed by atoms with Crippen molar-refractivity contribution >= 4 is 10.5 Å². The average Bonchev–Trinajstić information content (AvgIpc) is 1.38. The maximum absolute atomic E-state index is 9.20. The first-order valence-electron chi connectivity index (χ1n) is 0.963. The Bertz CT molecular complexity index is 116. The molecule has 0 aromatic heterocycles. The van der Waals surface area contributed by atoms with Crippen LogP contribution in [0, 0.1) is 0 Å². The summed E-state index contributed by atoms with van der Waals surface area (Å²) in [5.41, 5.74) is 0. The van der Waals surface area contributed by atoms with E-state index >= 15 is 0 Å². The summed E-state index contributed by atoms with van der Waals surface area (Å²) >= 11 is 0. The largest absolute Gasteiger partial charge is 0.310 e. The van der Waals surface area contributed by atoms with Crippen LogP contribution in [0.4, 0.5) is 4.70 Å². The summed E-state index contributed by atoms with van der Waals surface area (Å²) in [4.78, 5) is 0. The molecule has 3 nitrogen and oxygen atoms in total. The molecule has 0 spiro atoms. The van der Waals surface area contributed by atoms with E-state index in [-0.39, 0.29) is 4.70 Å². The Hall–Kier alpha value is -0.450. The van der Waals surface area contributed by atoms with Gasteiger partial charge >= 0.3 is 10.5 Å². The highest BCUT2D eigenvalue weighted by Crippen LogP contribution is 1.41. The van der Waals surface area contributed by atoms with Crippen molar-refractivity contribution in [2.24, 2.45) is 4.36 Å². The summed E-state index contributed by atoms with van der Waals surface area (Å²) in [6.45, 7) is 0. The SMILES string of the molecule is CN=S(=O)=O.F. The highest BCUT2D eigenvalue weighted by Gasteiger charge is 1.46. The molecule has 0 heterocycles. The topological polar surface area (TPSA) is 46.5 Å². The fraction of sp³-hybridized carbons (Fsp3) is 1.00. The van der Waals surface area contributed by atoms with E-state index in [0.29, 0.717) is 0 Å². The van der Waals surface area contributed by atoms with Crippen molar-refractivity contribution in [3.8, 4) is 0 Å². The van der Waals surface area contributed by atoms with Gasteiger partial charge in [0.15, 0.2) is 0 Å². The Balaban J connectivity index is 0. The van der Waals surface area contributed by atoms with Crippen LogP contribution in [0.2, 0.25) is 0 Å². The minimum absolute atomic E-state index is 0. The van der Waals surface area contributed by atoms with Gasteiger partial charge in [0, 0.05) is 7.05 Å². The Morgan fingerprint density at radius 2 is 1.67 bits per heavy atom. The summed E-state index contributed by atoms with van der Waals surface area (Å²) in [6, 6.07) is 0. The summed E-state index contributed by atoms with van der Waals surface area (Å²) in [5.74, 6) is 0. The van der Waals surface area contributed by atoms with Crippen molar-refractivity contribution in [2.45, 2.75) is 0 Å². The molecule has 0 radical (unpaired) electrons. The van der Waals surface area contributed by atoms with E-state index < -0.39 is 10.5 Å². The summed E-state index contributed by atoms with van der Waals surface area (Å²) in [5, 5.41) is 0. The second kappa shape index (κ2) is 4.55. The Morgan fingerprint density at radius 3 is 1.67 bits per heavy atom. The Labute approximate surface area is 36.1 Å². The van der Waals surface area contributed by atoms with Crippen molar-refractivity contribution in [3.63, 3.8) is 0 Å². The molecule has 0 bridgehead atoms. The second-order valence-electron chi connectivity index (χ2n) is 0.400. The Kier molecular flexibility index (Phi) is 6.91. The predicted octanol–water partition coefficient (Wildman–Crippen LogP) is -0.169. The summed E-state index contributed by atoms with van der Waals surface area (Å²) in [6.07, 6.45) is 0. The maximum atomic E-state index is 9.20. The van der Waals surface area contributed by atoms with E-state index in [0.717, 1.165) is 0 Å². The third kappa shape index (κ3) is 9.61. The van der Waals surface area contributed by atoms with Crippen LogP contribution in [0.5, 0.6) is 0 Å². The first kappa shape index (κ1) is 9.12. The number of rotatable bonds is 0. The fourth-order valence-corrected chi connectivity index (χ4v) is 0. The molecule has 0 saturated carbocycles. The van der Waals surface area contributed by atoms with Gasteiger partial charge in [-0.3, -0.25) is 4.70 Å². The number of hydrogen-bond acceptors (Lipinski definition) is 3. The van der Waals surface area contributed by atoms with Crippen molar-refractivity contribution in [1.29, 1.82) is 0 Å². The number of nitrogens with zero attached hydrogens (tertiary/aromatic N) is 1. The van der Waals surface area contributed by atoms with Gasteiger partial charge in [-0.15, -0.1) is 0 Å². The zero-order valence-corrected chi connectivity index (χ0v) is 3.90. The molecule has 0 N–H and O–H groups in total. The van der Waals surface area contributed by atoms with Gasteiger partial charge in [0.1, 0.15) is 0 Å². The minimum atomic E-state index is -2.20. The van der Waals surface area contributed by atoms with Gasteiger partial charge in [-0.1, -0.05) is 0 Å². The van der Waals surface area contributed by atoms with Gasteiger partial charge in [0.05, 0.1) is 0 Å². The molecule has 0 atom stereocenters. The second-order valence-corrected chi connectivity index (χ2v) is 1.20. The lowest BCUT2D eigenvalue weighted by Crippen LogP contribution is -1.47. The van der Waals surface area contributed by atoms with Crippen LogP contribution in [0.1, 0.15) is 0 Å². The minimum Gasteiger partial charge on any atom is -0.269 e. The molecule has 0 amide bonds. The maximum Gasteiger partial charge on any atom is 0.310 e. The standard InChI is InChI=1S/CH3NO2S.FH/c1-2-5(3)4;/h1H3;1H. The molecule has 0 unspecified atom stereocenters. The summed E-state index contributed by atoms with van der Waals surface area (Å²) in [7, 11) is -0.986. The number of halogens is 1. The van der Waals surface area contributed by atoms with Gasteiger partial charge < -0.3 is 0 Å². The first-order chi connectivity index (χ1) is 2.27. The van der Waals surface area contributed by atoms with Gasteiger partial charge in [-0.05, 0) is 0 Å². The van der Waals surface area contributed by atoms with Crippen molar-refractivity contribution in [3.05, 3.63) is 0 Å². The smallest absolute Gasteiger partial charge is 0.269 e. The molecule has 5 heteroatoms. The number of hydrogen-bond donors (Lipinski definition) is 0. The molecule has 0 rings (SSSR count). The van der Waals surface area contributed by atoms with E-state index in [4.69, 9.17) is 0 Å². The predicted molar refractivity (Wildman–Crippen MR) is 19.8 cm³/mol. The van der Waals surface area contributed by atoms with Crippen molar-refractivity contribution in [1.82, 2.24) is 0 Å². The molecule has 0 fully saturated rings. The molecule has 0 aromatic rings. The lowest BCUT2D eigenvalue weighted by Gasteiger charge is -1.41. The third-order valence-electron chi connectivity index (χ3n) is 0.149. The lowest BCUT2D eigenvalue weighted by molar-refractivity contribution is 0.622. The van der Waals surface area contributed by atoms with Gasteiger partial charge in [-0.25, -0.2) is 0 Å². The van der Waals surface area contributed by atoms with Crippen LogP contribution >= 0.6 is 0 Å². The van der Waals surface area contributed by atoms with Crippen molar-refractivity contribution < 1.29 is 13.1 Å². The highest BCUT2D eigenvalue weighted by atomic mass is 32.2. The van der Waals surface area contributed by atoms with Gasteiger partial charge in [-0.2, -0.15) is 12.8 Å². The summed E-state index contributed by atoms with van der Waals surface area (Å²) < 4.78 is 21.2. The molecule has 0 saturated heterocycles. The first-order valence-corrected chi connectivity index (χ1v) is 1.99. The van der Waals surface area contributed by atoms with Crippen LogP contribution in [-0.4, -0.2) is 15.5 Å². The Morgan fingerprint density at radius 1 is 1.50 bits per heavy atom. The molecular weight excluding hydrogens is 109 g/mol. The van der Waals surface area contributed by atoms with Gasteiger partial charge in [0.2, 0.25) is 0 Å². The van der Waals surface area contributed by atoms with Crippen LogP contribution < -0.4 is 0 Å². The van der Waals surface area contributed by atoms with E-state index in [2.05, 4.69) is 4.36 Å². The third-order valence-corrected chi connectivity index (χ3v) is 0.447. The van der Waals surface area contributed by atoms with Crippen LogP contribution in [0.15, 0.2) is 4.36 Å². The molecular formula is CH4FNO2S. The van der Waals surface area contributed by atoms with E-state index in [1.165, 1.54) is 7.05 Å². The highest BCUT2D eigenvalue weighted by molar-refractivity contribution is 7.61. The van der Waals surface area contributed by atoms with Crippen LogP contribution in [0.25, 0.3) is 0 Å². The molecule has 0 aromatic carbocycles. The van der Waals surface area contributed by atoms with Crippen LogP contribution in [0.3, 0.4) is 0 Å². The van der Waals surface area contributed by atoms with Crippen molar-refractivity contribution in [2.75, 3.05) is 7.05 Å². The quantitative estimate of drug-likeness (QED) is 0.438. The molecule has 0 aliphatic carbocycles. The van der Waals surface area contributed by atoms with E-state index in [1.54, 1.807) is 0 Å². The zero-order chi connectivity index (χ0) is 4.28. The lowest BCUT2D eigenvalue weighted by atomic mass is 11.6. The van der Waals surface area contributed by atoms with Gasteiger partial charge in [0.25, 0.3) is 0 Å². The monoisotopic (exact) mass is 113 g/mol. The molecule has 0 aliphatic rings. The normalized spacial score (nSPS) is 5.50. The van der Waals surface area contributed by atoms with E-state index in [1.807, 2.05) is 0 Å². The zero-order valence-electron chi connectivity index (χ0n) is 3.08. The average molecular weight is 113 g/mol.